The Kier molecular flexibility index (Phi) is 6.39. The summed E-state index contributed by atoms with van der Waals surface area (Å²) in [5.41, 5.74) is 1.07. The summed E-state index contributed by atoms with van der Waals surface area (Å²) in [5, 5.41) is 14.1. The maximum absolute atomic E-state index is 9.64. The van der Waals surface area contributed by atoms with Crippen molar-refractivity contribution >= 4 is 5.76 Å². The zero-order chi connectivity index (χ0) is 23.5. The molecule has 2 aromatic heterocycles. The zero-order valence-corrected chi connectivity index (χ0v) is 19.6. The van der Waals surface area contributed by atoms with Gasteiger partial charge in [-0.25, -0.2) is 0 Å². The number of hydrogen-bond donors (Lipinski definition) is 0. The van der Waals surface area contributed by atoms with Crippen molar-refractivity contribution in [1.82, 2.24) is 24.6 Å². The summed E-state index contributed by atoms with van der Waals surface area (Å²) in [6.45, 7) is 6.04. The number of nitrogens with zero attached hydrogens (tertiary/aromatic N) is 6. The van der Waals surface area contributed by atoms with E-state index in [-0.39, 0.29) is 17.7 Å². The summed E-state index contributed by atoms with van der Waals surface area (Å²) in [5.74, 6) is 1.35. The second kappa shape index (κ2) is 9.60. The van der Waals surface area contributed by atoms with Crippen LogP contribution in [0, 0.1) is 11.3 Å². The highest BCUT2D eigenvalue weighted by Gasteiger charge is 2.39. The van der Waals surface area contributed by atoms with E-state index in [1.165, 1.54) is 0 Å². The van der Waals surface area contributed by atoms with Gasteiger partial charge in [-0.3, -0.25) is 9.58 Å². The van der Waals surface area contributed by atoms with E-state index in [1.54, 1.807) is 25.7 Å². The molecule has 0 amide bonds. The van der Waals surface area contributed by atoms with Crippen LogP contribution in [-0.2, 0) is 16.0 Å². The molecule has 5 rings (SSSR count). The molecule has 2 fully saturated rings. The molecule has 0 spiro atoms. The highest BCUT2D eigenvalue weighted by molar-refractivity contribution is 5.65. The molecule has 1 atom stereocenters. The minimum atomic E-state index is -0.253. The van der Waals surface area contributed by atoms with Gasteiger partial charge in [-0.15, -0.1) is 0 Å². The summed E-state index contributed by atoms with van der Waals surface area (Å²) < 4.78 is 25.1. The van der Waals surface area contributed by atoms with E-state index < -0.39 is 0 Å². The Bertz CT molecular complexity index is 1060. The molecule has 2 aliphatic heterocycles. The predicted octanol–water partition coefficient (Wildman–Crippen LogP) is 2.41. The van der Waals surface area contributed by atoms with Gasteiger partial charge in [0.05, 0.1) is 57.1 Å². The van der Waals surface area contributed by atoms with Gasteiger partial charge >= 0.3 is 6.01 Å². The lowest BCUT2D eigenvalue weighted by molar-refractivity contribution is -0.00947. The smallest absolute Gasteiger partial charge is 0.316 e. The van der Waals surface area contributed by atoms with Gasteiger partial charge in [-0.05, 0) is 38.7 Å². The third kappa shape index (κ3) is 4.58. The van der Waals surface area contributed by atoms with E-state index in [4.69, 9.17) is 18.9 Å². The lowest BCUT2D eigenvalue weighted by atomic mass is 9.92. The molecule has 10 nitrogen and oxygen atoms in total. The molecular weight excluding hydrogens is 436 g/mol. The Hall–Kier alpha value is -3.16. The standard InChI is InChI=1S/C24H30N6O4/c1-24(29-7-9-32-10-8-29)11-21(22-17(12-25)13-28-30(22)16-24)33-18-3-5-19(6-4-18)34-23-26-14-20(31-2)15-27-23/h11,13-15,18-19H,3-10,16H2,1-2H3. The van der Waals surface area contributed by atoms with Crippen molar-refractivity contribution in [2.24, 2.45) is 0 Å². The van der Waals surface area contributed by atoms with Crippen LogP contribution < -0.4 is 9.47 Å². The zero-order valence-electron chi connectivity index (χ0n) is 19.6. The van der Waals surface area contributed by atoms with Gasteiger partial charge in [0.25, 0.3) is 0 Å². The number of aromatic nitrogens is 4. The van der Waals surface area contributed by atoms with Crippen LogP contribution in [0.3, 0.4) is 0 Å². The number of hydrogen-bond acceptors (Lipinski definition) is 9. The fourth-order valence-corrected chi connectivity index (χ4v) is 4.97. The Labute approximate surface area is 199 Å². The molecule has 0 bridgehead atoms. The lowest BCUT2D eigenvalue weighted by Crippen LogP contribution is -2.54. The molecule has 0 N–H and O–H groups in total. The third-order valence-corrected chi connectivity index (χ3v) is 6.87. The number of fused-ring (bicyclic) bond motifs is 1. The minimum Gasteiger partial charge on any atom is -0.494 e. The van der Waals surface area contributed by atoms with E-state index >= 15 is 0 Å². The van der Waals surface area contributed by atoms with Crippen molar-refractivity contribution in [2.45, 2.75) is 56.9 Å². The second-order valence-corrected chi connectivity index (χ2v) is 9.18. The van der Waals surface area contributed by atoms with E-state index in [9.17, 15) is 5.26 Å². The summed E-state index contributed by atoms with van der Waals surface area (Å²) in [7, 11) is 1.58. The summed E-state index contributed by atoms with van der Waals surface area (Å²) in [6, 6.07) is 2.64. The van der Waals surface area contributed by atoms with Crippen LogP contribution in [0.5, 0.6) is 11.8 Å². The van der Waals surface area contributed by atoms with Gasteiger partial charge in [0.1, 0.15) is 29.2 Å². The van der Waals surface area contributed by atoms with Crippen molar-refractivity contribution in [2.75, 3.05) is 33.4 Å². The van der Waals surface area contributed by atoms with Crippen molar-refractivity contribution in [3.8, 4) is 17.8 Å². The van der Waals surface area contributed by atoms with Crippen LogP contribution in [-0.4, -0.2) is 75.8 Å². The highest BCUT2D eigenvalue weighted by Crippen LogP contribution is 2.36. The van der Waals surface area contributed by atoms with Gasteiger partial charge in [0.2, 0.25) is 0 Å². The maximum atomic E-state index is 9.64. The van der Waals surface area contributed by atoms with Crippen LogP contribution in [0.4, 0.5) is 0 Å². The first-order valence-corrected chi connectivity index (χ1v) is 11.8. The average Bonchev–Trinajstić information content (AvgIpc) is 3.29. The van der Waals surface area contributed by atoms with E-state index in [0.29, 0.717) is 23.9 Å². The predicted molar refractivity (Wildman–Crippen MR) is 122 cm³/mol. The third-order valence-electron chi connectivity index (χ3n) is 6.87. The van der Waals surface area contributed by atoms with Crippen molar-refractivity contribution in [1.29, 1.82) is 5.26 Å². The quantitative estimate of drug-likeness (QED) is 0.634. The summed E-state index contributed by atoms with van der Waals surface area (Å²) in [6.07, 6.45) is 10.5. The van der Waals surface area contributed by atoms with E-state index in [1.807, 2.05) is 4.68 Å². The largest absolute Gasteiger partial charge is 0.494 e. The van der Waals surface area contributed by atoms with Crippen molar-refractivity contribution < 1.29 is 18.9 Å². The Balaban J connectivity index is 1.27. The molecule has 1 saturated heterocycles. The topological polar surface area (TPSA) is 108 Å². The molecule has 1 saturated carbocycles. The molecule has 34 heavy (non-hydrogen) atoms. The Morgan fingerprint density at radius 3 is 2.38 bits per heavy atom. The van der Waals surface area contributed by atoms with Crippen LogP contribution in [0.25, 0.3) is 5.76 Å². The SMILES string of the molecule is COc1cnc(OC2CCC(OC3=CC(C)(N4CCOCC4)Cn4ncc(C#N)c43)CC2)nc1. The number of ether oxygens (including phenoxy) is 4. The maximum Gasteiger partial charge on any atom is 0.316 e. The first-order chi connectivity index (χ1) is 16.6. The number of methoxy groups -OCH3 is 1. The summed E-state index contributed by atoms with van der Waals surface area (Å²) >= 11 is 0. The van der Waals surface area contributed by atoms with Gasteiger partial charge in [-0.1, -0.05) is 0 Å². The molecule has 4 heterocycles. The first-order valence-electron chi connectivity index (χ1n) is 11.8. The van der Waals surface area contributed by atoms with Crippen LogP contribution >= 0.6 is 0 Å². The molecular formula is C24H30N6O4. The number of rotatable bonds is 6. The monoisotopic (exact) mass is 466 g/mol. The van der Waals surface area contributed by atoms with Crippen LogP contribution in [0.2, 0.25) is 0 Å². The van der Waals surface area contributed by atoms with Crippen molar-refractivity contribution in [3.05, 3.63) is 35.9 Å². The normalized spacial score (nSPS) is 27.3. The highest BCUT2D eigenvalue weighted by atomic mass is 16.5. The molecule has 2 aromatic rings. The minimum absolute atomic E-state index is 0.0461. The summed E-state index contributed by atoms with van der Waals surface area (Å²) in [4.78, 5) is 10.8. The average molecular weight is 467 g/mol. The molecule has 10 heteroatoms. The Morgan fingerprint density at radius 1 is 1.06 bits per heavy atom. The number of morpholine rings is 1. The van der Waals surface area contributed by atoms with Crippen LogP contribution in [0.1, 0.15) is 43.9 Å². The van der Waals surface area contributed by atoms with Gasteiger partial charge in [0, 0.05) is 13.1 Å². The van der Waals surface area contributed by atoms with Gasteiger partial charge in [0.15, 0.2) is 5.75 Å². The molecule has 0 radical (unpaired) electrons. The Morgan fingerprint density at radius 2 is 1.74 bits per heavy atom. The van der Waals surface area contributed by atoms with E-state index in [2.05, 4.69) is 39.0 Å². The van der Waals surface area contributed by atoms with Crippen LogP contribution in [0.15, 0.2) is 24.7 Å². The molecule has 1 aliphatic carbocycles. The number of nitriles is 1. The lowest BCUT2D eigenvalue weighted by Gasteiger charge is -2.44. The second-order valence-electron chi connectivity index (χ2n) is 9.18. The van der Waals surface area contributed by atoms with Gasteiger partial charge in [-0.2, -0.15) is 20.3 Å². The molecule has 0 aromatic carbocycles. The fraction of sp³-hybridized carbons (Fsp3) is 0.583. The fourth-order valence-electron chi connectivity index (χ4n) is 4.97. The van der Waals surface area contributed by atoms with Gasteiger partial charge < -0.3 is 18.9 Å². The molecule has 180 valence electrons. The van der Waals surface area contributed by atoms with Crippen molar-refractivity contribution in [3.63, 3.8) is 0 Å². The molecule has 1 unspecified atom stereocenters. The molecule has 3 aliphatic rings. The van der Waals surface area contributed by atoms with E-state index in [0.717, 1.165) is 63.4 Å². The first kappa shape index (κ1) is 22.6.